The van der Waals surface area contributed by atoms with Crippen molar-refractivity contribution in [1.29, 1.82) is 0 Å². The molecule has 112 valence electrons. The molecule has 0 aliphatic heterocycles. The Hall–Kier alpha value is -1.80. The molecule has 0 bridgehead atoms. The summed E-state index contributed by atoms with van der Waals surface area (Å²) in [4.78, 5) is 0. The Morgan fingerprint density at radius 2 is 1.67 bits per heavy atom. The summed E-state index contributed by atoms with van der Waals surface area (Å²) in [6, 6.07) is 16.8. The molecule has 2 rings (SSSR count). The molecular weight excluding hydrogens is 258 g/mol. The van der Waals surface area contributed by atoms with E-state index in [1.165, 1.54) is 16.7 Å². The highest BCUT2D eigenvalue weighted by atomic mass is 16.5. The fourth-order valence-corrected chi connectivity index (χ4v) is 2.47. The van der Waals surface area contributed by atoms with Crippen LogP contribution in [-0.2, 0) is 0 Å². The van der Waals surface area contributed by atoms with Gasteiger partial charge in [0.25, 0.3) is 0 Å². The van der Waals surface area contributed by atoms with Gasteiger partial charge < -0.3 is 10.1 Å². The molecule has 0 aliphatic carbocycles. The second-order valence-corrected chi connectivity index (χ2v) is 5.54. The van der Waals surface area contributed by atoms with Crippen molar-refractivity contribution < 1.29 is 4.74 Å². The third-order valence-electron chi connectivity index (χ3n) is 3.40. The highest BCUT2D eigenvalue weighted by molar-refractivity contribution is 5.34. The van der Waals surface area contributed by atoms with Crippen LogP contribution < -0.4 is 10.1 Å². The highest BCUT2D eigenvalue weighted by Gasteiger charge is 2.13. The molecule has 0 radical (unpaired) electrons. The lowest BCUT2D eigenvalue weighted by atomic mass is 10.1. The Morgan fingerprint density at radius 1 is 1.00 bits per heavy atom. The van der Waals surface area contributed by atoms with E-state index in [-0.39, 0.29) is 6.10 Å². The number of benzene rings is 2. The van der Waals surface area contributed by atoms with E-state index < -0.39 is 0 Å². The Bertz CT molecular complexity index is 530. The first-order valence-corrected chi connectivity index (χ1v) is 7.69. The van der Waals surface area contributed by atoms with Gasteiger partial charge in [0.15, 0.2) is 0 Å². The smallest absolute Gasteiger partial charge is 0.136 e. The van der Waals surface area contributed by atoms with E-state index in [9.17, 15) is 0 Å². The van der Waals surface area contributed by atoms with Gasteiger partial charge in [-0.2, -0.15) is 0 Å². The summed E-state index contributed by atoms with van der Waals surface area (Å²) < 4.78 is 6.25. The third kappa shape index (κ3) is 4.91. The van der Waals surface area contributed by atoms with Crippen molar-refractivity contribution in [2.24, 2.45) is 0 Å². The van der Waals surface area contributed by atoms with Gasteiger partial charge in [-0.15, -0.1) is 0 Å². The zero-order valence-electron chi connectivity index (χ0n) is 13.2. The highest BCUT2D eigenvalue weighted by Crippen LogP contribution is 2.23. The van der Waals surface area contributed by atoms with E-state index in [0.717, 1.165) is 25.3 Å². The van der Waals surface area contributed by atoms with Crippen LogP contribution in [0.3, 0.4) is 0 Å². The van der Waals surface area contributed by atoms with Crippen LogP contribution in [0.1, 0.15) is 36.1 Å². The van der Waals surface area contributed by atoms with Crippen LogP contribution in [0.25, 0.3) is 0 Å². The largest absolute Gasteiger partial charge is 0.484 e. The molecule has 2 heteroatoms. The van der Waals surface area contributed by atoms with Gasteiger partial charge >= 0.3 is 0 Å². The van der Waals surface area contributed by atoms with Crippen LogP contribution in [0.4, 0.5) is 0 Å². The lowest BCUT2D eigenvalue weighted by molar-refractivity contribution is 0.201. The number of rotatable bonds is 7. The Morgan fingerprint density at radius 3 is 2.29 bits per heavy atom. The molecule has 0 aliphatic rings. The second kappa shape index (κ2) is 7.84. The minimum atomic E-state index is 0.0407. The van der Waals surface area contributed by atoms with E-state index in [1.807, 2.05) is 6.07 Å². The van der Waals surface area contributed by atoms with Crippen LogP contribution >= 0.6 is 0 Å². The van der Waals surface area contributed by atoms with Crippen LogP contribution in [0.15, 0.2) is 48.5 Å². The van der Waals surface area contributed by atoms with Crippen molar-refractivity contribution in [3.63, 3.8) is 0 Å². The molecule has 0 saturated carbocycles. The molecule has 0 fully saturated rings. The molecule has 21 heavy (non-hydrogen) atoms. The number of hydrogen-bond acceptors (Lipinski definition) is 2. The summed E-state index contributed by atoms with van der Waals surface area (Å²) in [5, 5.41) is 3.46. The van der Waals surface area contributed by atoms with E-state index in [1.54, 1.807) is 0 Å². The standard InChI is InChI=1S/C19H25NO/c1-4-10-20-14-19(17-8-6-5-7-9-17)21-18-12-15(2)11-16(3)13-18/h5-9,11-13,19-20H,4,10,14H2,1-3H3. The van der Waals surface area contributed by atoms with E-state index >= 15 is 0 Å². The molecule has 2 aromatic carbocycles. The number of ether oxygens (including phenoxy) is 1. The SMILES string of the molecule is CCCNCC(Oc1cc(C)cc(C)c1)c1ccccc1. The van der Waals surface area contributed by atoms with Crippen LogP contribution in [0.5, 0.6) is 5.75 Å². The average Bonchev–Trinajstić information content (AvgIpc) is 2.46. The normalized spacial score (nSPS) is 12.1. The van der Waals surface area contributed by atoms with Gasteiger partial charge in [-0.3, -0.25) is 0 Å². The quantitative estimate of drug-likeness (QED) is 0.759. The number of hydrogen-bond donors (Lipinski definition) is 1. The topological polar surface area (TPSA) is 21.3 Å². The molecule has 0 heterocycles. The van der Waals surface area contributed by atoms with Crippen molar-refractivity contribution in [3.05, 3.63) is 65.2 Å². The predicted molar refractivity (Wildman–Crippen MR) is 88.9 cm³/mol. The van der Waals surface area contributed by atoms with Gasteiger partial charge in [0.1, 0.15) is 11.9 Å². The molecule has 1 N–H and O–H groups in total. The Kier molecular flexibility index (Phi) is 5.82. The minimum Gasteiger partial charge on any atom is -0.484 e. The van der Waals surface area contributed by atoms with Crippen molar-refractivity contribution in [2.75, 3.05) is 13.1 Å². The van der Waals surface area contributed by atoms with Gasteiger partial charge in [-0.25, -0.2) is 0 Å². The van der Waals surface area contributed by atoms with Gasteiger partial charge in [-0.1, -0.05) is 43.3 Å². The summed E-state index contributed by atoms with van der Waals surface area (Å²) in [5.41, 5.74) is 3.68. The molecular formula is C19H25NO. The molecule has 2 aromatic rings. The average molecular weight is 283 g/mol. The van der Waals surface area contributed by atoms with Gasteiger partial charge in [0.05, 0.1) is 0 Å². The van der Waals surface area contributed by atoms with Gasteiger partial charge in [0, 0.05) is 6.54 Å². The number of aryl methyl sites for hydroxylation is 2. The summed E-state index contributed by atoms with van der Waals surface area (Å²) >= 11 is 0. The first-order valence-electron chi connectivity index (χ1n) is 7.69. The predicted octanol–water partition coefficient (Wildman–Crippen LogP) is 4.42. The maximum atomic E-state index is 6.25. The monoisotopic (exact) mass is 283 g/mol. The van der Waals surface area contributed by atoms with Crippen LogP contribution in [-0.4, -0.2) is 13.1 Å². The van der Waals surface area contributed by atoms with E-state index in [0.29, 0.717) is 0 Å². The summed E-state index contributed by atoms with van der Waals surface area (Å²) in [5.74, 6) is 0.944. The second-order valence-electron chi connectivity index (χ2n) is 5.54. The first kappa shape index (κ1) is 15.6. The van der Waals surface area contributed by atoms with Crippen LogP contribution in [0, 0.1) is 13.8 Å². The minimum absolute atomic E-state index is 0.0407. The van der Waals surface area contributed by atoms with E-state index in [4.69, 9.17) is 4.74 Å². The summed E-state index contributed by atoms with van der Waals surface area (Å²) in [6.07, 6.45) is 1.17. The molecule has 0 spiro atoms. The first-order chi connectivity index (χ1) is 10.2. The molecule has 0 saturated heterocycles. The zero-order valence-corrected chi connectivity index (χ0v) is 13.2. The third-order valence-corrected chi connectivity index (χ3v) is 3.40. The van der Waals surface area contributed by atoms with Crippen molar-refractivity contribution in [1.82, 2.24) is 5.32 Å². The van der Waals surface area contributed by atoms with Gasteiger partial charge in [0.2, 0.25) is 0 Å². The maximum absolute atomic E-state index is 6.25. The van der Waals surface area contributed by atoms with E-state index in [2.05, 4.69) is 68.6 Å². The van der Waals surface area contributed by atoms with Crippen molar-refractivity contribution in [3.8, 4) is 5.75 Å². The summed E-state index contributed by atoms with van der Waals surface area (Å²) in [6.45, 7) is 8.22. The Balaban J connectivity index is 2.15. The molecule has 0 amide bonds. The lowest BCUT2D eigenvalue weighted by Crippen LogP contribution is -2.25. The number of nitrogens with one attached hydrogen (secondary N) is 1. The Labute approximate surface area is 128 Å². The summed E-state index contributed by atoms with van der Waals surface area (Å²) in [7, 11) is 0. The van der Waals surface area contributed by atoms with Gasteiger partial charge in [-0.05, 0) is 55.6 Å². The fraction of sp³-hybridized carbons (Fsp3) is 0.368. The lowest BCUT2D eigenvalue weighted by Gasteiger charge is -2.21. The fourth-order valence-electron chi connectivity index (χ4n) is 2.47. The molecule has 1 unspecified atom stereocenters. The maximum Gasteiger partial charge on any atom is 0.136 e. The van der Waals surface area contributed by atoms with Crippen molar-refractivity contribution in [2.45, 2.75) is 33.3 Å². The molecule has 1 atom stereocenters. The zero-order chi connectivity index (χ0) is 15.1. The van der Waals surface area contributed by atoms with Crippen molar-refractivity contribution >= 4 is 0 Å². The molecule has 2 nitrogen and oxygen atoms in total. The van der Waals surface area contributed by atoms with Crippen LogP contribution in [0.2, 0.25) is 0 Å². The molecule has 0 aromatic heterocycles.